The van der Waals surface area contributed by atoms with Gasteiger partial charge in [-0.25, -0.2) is 4.68 Å². The highest BCUT2D eigenvalue weighted by Gasteiger charge is 2.36. The zero-order valence-electron chi connectivity index (χ0n) is 14.6. The van der Waals surface area contributed by atoms with Crippen LogP contribution in [0.2, 0.25) is 0 Å². The summed E-state index contributed by atoms with van der Waals surface area (Å²) in [6.07, 6.45) is 2.15. The van der Waals surface area contributed by atoms with Crippen LogP contribution in [0.25, 0.3) is 5.57 Å². The number of hydrogen-bond donors (Lipinski definition) is 0. The molecule has 0 unspecified atom stereocenters. The fourth-order valence-electron chi connectivity index (χ4n) is 3.21. The molecule has 1 aliphatic rings. The van der Waals surface area contributed by atoms with E-state index in [-0.39, 0.29) is 17.2 Å². The van der Waals surface area contributed by atoms with Gasteiger partial charge in [0.2, 0.25) is 11.1 Å². The summed E-state index contributed by atoms with van der Waals surface area (Å²) in [5, 5.41) is 12.0. The predicted molar refractivity (Wildman–Crippen MR) is 95.9 cm³/mol. The van der Waals surface area contributed by atoms with E-state index in [2.05, 4.69) is 48.4 Å². The first-order chi connectivity index (χ1) is 11.3. The molecule has 2 aromatic rings. The molecule has 0 saturated heterocycles. The lowest BCUT2D eigenvalue weighted by molar-refractivity contribution is -0.116. The Labute approximate surface area is 145 Å². The highest BCUT2D eigenvalue weighted by molar-refractivity contribution is 7.99. The summed E-state index contributed by atoms with van der Waals surface area (Å²) in [7, 11) is 1.77. The van der Waals surface area contributed by atoms with E-state index in [1.54, 1.807) is 11.7 Å². The predicted octanol–water partition coefficient (Wildman–Crippen LogP) is 2.84. The van der Waals surface area contributed by atoms with E-state index >= 15 is 0 Å². The van der Waals surface area contributed by atoms with E-state index in [9.17, 15) is 4.79 Å². The molecule has 1 aliphatic heterocycles. The fourth-order valence-corrected chi connectivity index (χ4v) is 3.91. The lowest BCUT2D eigenvalue weighted by atomic mass is 9.87. The molecule has 3 rings (SSSR count). The number of carbonyl (C=O) groups is 1. The van der Waals surface area contributed by atoms with Gasteiger partial charge in [-0.05, 0) is 49.3 Å². The molecule has 0 spiro atoms. The summed E-state index contributed by atoms with van der Waals surface area (Å²) in [6, 6.07) is 6.16. The molecule has 0 fully saturated rings. The number of aryl methyl sites for hydroxylation is 2. The molecule has 0 aliphatic carbocycles. The number of aromatic nitrogens is 4. The molecule has 1 amide bonds. The highest BCUT2D eigenvalue weighted by atomic mass is 32.2. The van der Waals surface area contributed by atoms with Gasteiger partial charge < -0.3 is 4.90 Å². The van der Waals surface area contributed by atoms with Crippen molar-refractivity contribution < 1.29 is 4.79 Å². The third-order valence-electron chi connectivity index (χ3n) is 4.19. The van der Waals surface area contributed by atoms with Crippen LogP contribution in [0.3, 0.4) is 0 Å². The van der Waals surface area contributed by atoms with Crippen molar-refractivity contribution in [2.45, 2.75) is 38.4 Å². The van der Waals surface area contributed by atoms with Crippen LogP contribution in [-0.2, 0) is 11.8 Å². The van der Waals surface area contributed by atoms with Gasteiger partial charge in [0, 0.05) is 12.6 Å². The van der Waals surface area contributed by atoms with E-state index in [4.69, 9.17) is 0 Å². The summed E-state index contributed by atoms with van der Waals surface area (Å²) in [6.45, 7) is 8.28. The number of tetrazole rings is 1. The SMILES string of the molecule is CC1=CC(C)(C)N(C(=O)CSc2nnnn2C)c2c(C)cccc21. The van der Waals surface area contributed by atoms with Crippen LogP contribution in [0.5, 0.6) is 0 Å². The van der Waals surface area contributed by atoms with Gasteiger partial charge in [-0.2, -0.15) is 0 Å². The zero-order valence-corrected chi connectivity index (χ0v) is 15.4. The quantitative estimate of drug-likeness (QED) is 0.802. The minimum Gasteiger partial charge on any atom is -0.302 e. The Balaban J connectivity index is 1.94. The lowest BCUT2D eigenvalue weighted by Gasteiger charge is -2.42. The molecule has 0 N–H and O–H groups in total. The van der Waals surface area contributed by atoms with Gasteiger partial charge in [0.05, 0.1) is 17.0 Å². The number of rotatable bonds is 3. The summed E-state index contributed by atoms with van der Waals surface area (Å²) < 4.78 is 1.57. The first-order valence-corrected chi connectivity index (χ1v) is 8.77. The highest BCUT2D eigenvalue weighted by Crippen LogP contribution is 2.41. The van der Waals surface area contributed by atoms with Gasteiger partial charge >= 0.3 is 0 Å². The van der Waals surface area contributed by atoms with Crippen molar-refractivity contribution >= 4 is 28.9 Å². The summed E-state index contributed by atoms with van der Waals surface area (Å²) >= 11 is 1.35. The number of benzene rings is 1. The molecule has 0 atom stereocenters. The molecule has 2 heterocycles. The molecule has 0 radical (unpaired) electrons. The van der Waals surface area contributed by atoms with Gasteiger partial charge in [0.1, 0.15) is 0 Å². The first-order valence-electron chi connectivity index (χ1n) is 7.79. The van der Waals surface area contributed by atoms with Crippen LogP contribution in [-0.4, -0.2) is 37.4 Å². The van der Waals surface area contributed by atoms with Gasteiger partial charge in [-0.1, -0.05) is 36.0 Å². The number of fused-ring (bicyclic) bond motifs is 1. The lowest BCUT2D eigenvalue weighted by Crippen LogP contribution is -2.50. The second-order valence-electron chi connectivity index (χ2n) is 6.55. The average molecular weight is 343 g/mol. The molecule has 0 saturated carbocycles. The van der Waals surface area contributed by atoms with Crippen LogP contribution in [0.15, 0.2) is 29.4 Å². The average Bonchev–Trinajstić information content (AvgIpc) is 2.90. The largest absolute Gasteiger partial charge is 0.302 e. The maximum Gasteiger partial charge on any atom is 0.238 e. The first kappa shape index (κ1) is 16.7. The van der Waals surface area contributed by atoms with Gasteiger partial charge in [-0.3, -0.25) is 4.79 Å². The van der Waals surface area contributed by atoms with Crippen molar-refractivity contribution in [3.8, 4) is 0 Å². The fraction of sp³-hybridized carbons (Fsp3) is 0.412. The molecular formula is C17H21N5OS. The minimum absolute atomic E-state index is 0.0484. The van der Waals surface area contributed by atoms with E-state index < -0.39 is 0 Å². The summed E-state index contributed by atoms with van der Waals surface area (Å²) in [5.41, 5.74) is 4.05. The van der Waals surface area contributed by atoms with E-state index in [0.717, 1.165) is 16.8 Å². The Bertz CT molecular complexity index is 824. The topological polar surface area (TPSA) is 63.9 Å². The molecule has 1 aromatic carbocycles. The normalized spacial score (nSPS) is 15.9. The smallest absolute Gasteiger partial charge is 0.238 e. The molecule has 6 nitrogen and oxygen atoms in total. The number of thioether (sulfide) groups is 1. The summed E-state index contributed by atoms with van der Waals surface area (Å²) in [5.74, 6) is 0.338. The Morgan fingerprint density at radius 3 is 2.71 bits per heavy atom. The third-order valence-corrected chi connectivity index (χ3v) is 5.18. The number of anilines is 1. The number of amides is 1. The number of para-hydroxylation sites is 1. The molecule has 7 heteroatoms. The van der Waals surface area contributed by atoms with Crippen molar-refractivity contribution in [1.29, 1.82) is 0 Å². The van der Waals surface area contributed by atoms with Crippen molar-refractivity contribution in [1.82, 2.24) is 20.2 Å². The summed E-state index contributed by atoms with van der Waals surface area (Å²) in [4.78, 5) is 14.9. The number of allylic oxidation sites excluding steroid dienone is 1. The Kier molecular flexibility index (Phi) is 4.21. The minimum atomic E-state index is -0.376. The van der Waals surface area contributed by atoms with Crippen LogP contribution in [0, 0.1) is 6.92 Å². The molecule has 1 aromatic heterocycles. The number of hydrogen-bond acceptors (Lipinski definition) is 5. The van der Waals surface area contributed by atoms with E-state index in [0.29, 0.717) is 5.16 Å². The van der Waals surface area contributed by atoms with Crippen LogP contribution < -0.4 is 4.90 Å². The van der Waals surface area contributed by atoms with Crippen LogP contribution in [0.4, 0.5) is 5.69 Å². The monoisotopic (exact) mass is 343 g/mol. The Morgan fingerprint density at radius 1 is 1.29 bits per heavy atom. The Hall–Kier alpha value is -2.15. The van der Waals surface area contributed by atoms with Crippen molar-refractivity contribution in [3.05, 3.63) is 35.4 Å². The van der Waals surface area contributed by atoms with Gasteiger partial charge in [0.15, 0.2) is 0 Å². The molecule has 126 valence electrons. The van der Waals surface area contributed by atoms with Crippen molar-refractivity contribution in [2.75, 3.05) is 10.7 Å². The molecule has 24 heavy (non-hydrogen) atoms. The van der Waals surface area contributed by atoms with Crippen LogP contribution >= 0.6 is 11.8 Å². The van der Waals surface area contributed by atoms with Crippen molar-refractivity contribution in [2.24, 2.45) is 7.05 Å². The zero-order chi connectivity index (χ0) is 17.5. The Morgan fingerprint density at radius 2 is 2.04 bits per heavy atom. The molecular weight excluding hydrogens is 322 g/mol. The van der Waals surface area contributed by atoms with Gasteiger partial charge in [0.25, 0.3) is 0 Å². The van der Waals surface area contributed by atoms with Crippen molar-refractivity contribution in [3.63, 3.8) is 0 Å². The molecule has 0 bridgehead atoms. The second kappa shape index (κ2) is 6.05. The number of carbonyl (C=O) groups excluding carboxylic acids is 1. The maximum absolute atomic E-state index is 13.0. The third kappa shape index (κ3) is 2.84. The van der Waals surface area contributed by atoms with Gasteiger partial charge in [-0.15, -0.1) is 5.10 Å². The van der Waals surface area contributed by atoms with E-state index in [1.807, 2.05) is 24.0 Å². The second-order valence-corrected chi connectivity index (χ2v) is 7.50. The van der Waals surface area contributed by atoms with E-state index in [1.165, 1.54) is 17.3 Å². The maximum atomic E-state index is 13.0. The number of nitrogens with zero attached hydrogens (tertiary/aromatic N) is 5. The van der Waals surface area contributed by atoms with Crippen LogP contribution in [0.1, 0.15) is 31.9 Å². The standard InChI is InChI=1S/C17H21N5OS/c1-11-7-6-8-13-12(2)9-17(3,4)22(15(11)13)14(23)10-24-16-18-19-20-21(16)5/h6-9H,10H2,1-5H3.